The second-order valence-corrected chi connectivity index (χ2v) is 8.01. The number of carbonyl (C=O) groups is 1. The topological polar surface area (TPSA) is 103 Å². The van der Waals surface area contributed by atoms with Crippen LogP contribution in [0.1, 0.15) is 6.92 Å². The molecule has 0 fully saturated rings. The van der Waals surface area contributed by atoms with Gasteiger partial charge in [-0.2, -0.15) is 4.98 Å². The van der Waals surface area contributed by atoms with Crippen LogP contribution >= 0.6 is 0 Å². The van der Waals surface area contributed by atoms with Crippen molar-refractivity contribution < 1.29 is 13.9 Å². The van der Waals surface area contributed by atoms with E-state index in [1.807, 2.05) is 14.1 Å². The predicted molar refractivity (Wildman–Crippen MR) is 138 cm³/mol. The number of hydrogen-bond acceptors (Lipinski definition) is 8. The average molecular weight is 480 g/mol. The second-order valence-electron chi connectivity index (χ2n) is 8.01. The van der Waals surface area contributed by atoms with E-state index in [2.05, 4.69) is 49.6 Å². The summed E-state index contributed by atoms with van der Waals surface area (Å²) in [6, 6.07) is 11.5. The third kappa shape index (κ3) is 7.15. The largest absolute Gasteiger partial charge is 0.494 e. The fourth-order valence-corrected chi connectivity index (χ4v) is 3.04. The van der Waals surface area contributed by atoms with Gasteiger partial charge in [-0.15, -0.1) is 0 Å². The van der Waals surface area contributed by atoms with Crippen molar-refractivity contribution in [1.29, 1.82) is 0 Å². The van der Waals surface area contributed by atoms with Crippen molar-refractivity contribution in [3.05, 3.63) is 67.1 Å². The molecule has 2 aromatic carbocycles. The van der Waals surface area contributed by atoms with Crippen LogP contribution in [0.25, 0.3) is 0 Å². The van der Waals surface area contributed by atoms with Gasteiger partial charge >= 0.3 is 0 Å². The molecule has 0 bridgehead atoms. The number of amides is 1. The molecule has 35 heavy (non-hydrogen) atoms. The number of rotatable bonds is 11. The van der Waals surface area contributed by atoms with E-state index < -0.39 is 0 Å². The van der Waals surface area contributed by atoms with E-state index >= 15 is 0 Å². The van der Waals surface area contributed by atoms with Crippen LogP contribution in [-0.2, 0) is 4.79 Å². The first-order chi connectivity index (χ1) is 16.8. The van der Waals surface area contributed by atoms with E-state index in [0.717, 1.165) is 0 Å². The Bertz CT molecular complexity index is 1190. The molecule has 3 rings (SSSR count). The second kappa shape index (κ2) is 11.8. The Balaban J connectivity index is 1.88. The summed E-state index contributed by atoms with van der Waals surface area (Å²) in [5.74, 6) is 0.585. The van der Waals surface area contributed by atoms with Gasteiger partial charge in [0.05, 0.1) is 24.2 Å². The molecule has 0 aliphatic rings. The van der Waals surface area contributed by atoms with Gasteiger partial charge in [-0.1, -0.05) is 12.6 Å². The Morgan fingerprint density at radius 1 is 1.17 bits per heavy atom. The first-order valence-corrected chi connectivity index (χ1v) is 11.0. The van der Waals surface area contributed by atoms with Crippen molar-refractivity contribution in [2.75, 3.05) is 49.0 Å². The highest BCUT2D eigenvalue weighted by atomic mass is 19.1. The number of nitrogens with one attached hydrogen (secondary N) is 4. The summed E-state index contributed by atoms with van der Waals surface area (Å²) in [5, 5.41) is 12.4. The summed E-state index contributed by atoms with van der Waals surface area (Å²) >= 11 is 0. The van der Waals surface area contributed by atoms with Crippen molar-refractivity contribution in [3.63, 3.8) is 0 Å². The Morgan fingerprint density at radius 2 is 1.97 bits per heavy atom. The molecule has 1 unspecified atom stereocenters. The molecule has 0 aliphatic heterocycles. The zero-order valence-corrected chi connectivity index (χ0v) is 20.2. The molecular formula is C25H30FN7O2. The molecule has 0 saturated heterocycles. The summed E-state index contributed by atoms with van der Waals surface area (Å²) in [5.41, 5.74) is 2.34. The highest BCUT2D eigenvalue weighted by Gasteiger charge is 2.15. The summed E-state index contributed by atoms with van der Waals surface area (Å²) < 4.78 is 19.1. The van der Waals surface area contributed by atoms with Gasteiger partial charge in [-0.25, -0.2) is 9.37 Å². The Kier molecular flexibility index (Phi) is 8.58. The molecule has 184 valence electrons. The van der Waals surface area contributed by atoms with Crippen molar-refractivity contribution in [1.82, 2.24) is 14.9 Å². The first kappa shape index (κ1) is 25.4. The maximum absolute atomic E-state index is 13.5. The minimum absolute atomic E-state index is 0.253. The van der Waals surface area contributed by atoms with Crippen LogP contribution < -0.4 is 26.0 Å². The number of halogens is 1. The lowest BCUT2D eigenvalue weighted by molar-refractivity contribution is -0.111. The smallest absolute Gasteiger partial charge is 0.247 e. The standard InChI is InChI=1S/C25H30FN7O2/c1-6-24(34)30-20-13-21(22(35-5)14-19(20)28-15-16(2)33(3)4)31-25-27-11-10-23(32-25)29-18-9-7-8-17(26)12-18/h6-14,16,28H,1,15H2,2-5H3,(H,30,34)(H2,27,29,31,32). The maximum Gasteiger partial charge on any atom is 0.247 e. The molecular weight excluding hydrogens is 449 g/mol. The number of aromatic nitrogens is 2. The van der Waals surface area contributed by atoms with Crippen molar-refractivity contribution in [2.24, 2.45) is 0 Å². The van der Waals surface area contributed by atoms with Crippen LogP contribution in [0.4, 0.5) is 38.9 Å². The lowest BCUT2D eigenvalue weighted by Gasteiger charge is -2.23. The molecule has 1 amide bonds. The van der Waals surface area contributed by atoms with Crippen LogP contribution in [0.5, 0.6) is 5.75 Å². The average Bonchev–Trinajstić information content (AvgIpc) is 2.83. The van der Waals surface area contributed by atoms with Crippen molar-refractivity contribution in [3.8, 4) is 5.75 Å². The van der Waals surface area contributed by atoms with E-state index in [9.17, 15) is 9.18 Å². The fraction of sp³-hybridized carbons (Fsp3) is 0.240. The maximum atomic E-state index is 13.5. The number of benzene rings is 2. The minimum Gasteiger partial charge on any atom is -0.494 e. The van der Waals surface area contributed by atoms with E-state index in [1.54, 1.807) is 43.6 Å². The summed E-state index contributed by atoms with van der Waals surface area (Å²) in [6.07, 6.45) is 2.77. The first-order valence-electron chi connectivity index (χ1n) is 11.0. The quantitative estimate of drug-likeness (QED) is 0.296. The van der Waals surface area contributed by atoms with Gasteiger partial charge in [0.25, 0.3) is 0 Å². The molecule has 1 atom stereocenters. The lowest BCUT2D eigenvalue weighted by atomic mass is 10.2. The monoisotopic (exact) mass is 479 g/mol. The fourth-order valence-electron chi connectivity index (χ4n) is 3.04. The van der Waals surface area contributed by atoms with Gasteiger partial charge in [0.15, 0.2) is 0 Å². The molecule has 3 aromatic rings. The Hall–Kier alpha value is -4.18. The van der Waals surface area contributed by atoms with Crippen molar-refractivity contribution >= 4 is 40.4 Å². The van der Waals surface area contributed by atoms with Crippen LogP contribution in [0.15, 0.2) is 61.3 Å². The molecule has 9 nitrogen and oxygen atoms in total. The third-order valence-electron chi connectivity index (χ3n) is 5.25. The number of carbonyl (C=O) groups excluding carboxylic acids is 1. The molecule has 0 radical (unpaired) electrons. The van der Waals surface area contributed by atoms with Gasteiger partial charge in [0, 0.05) is 30.5 Å². The number of nitrogens with zero attached hydrogens (tertiary/aromatic N) is 3. The summed E-state index contributed by atoms with van der Waals surface area (Å²) in [7, 11) is 5.55. The van der Waals surface area contributed by atoms with Gasteiger partial charge < -0.3 is 30.9 Å². The van der Waals surface area contributed by atoms with Crippen LogP contribution in [0.2, 0.25) is 0 Å². The molecule has 4 N–H and O–H groups in total. The van der Waals surface area contributed by atoms with E-state index in [-0.39, 0.29) is 23.7 Å². The minimum atomic E-state index is -0.352. The zero-order valence-electron chi connectivity index (χ0n) is 20.2. The molecule has 0 saturated carbocycles. The zero-order chi connectivity index (χ0) is 25.4. The highest BCUT2D eigenvalue weighted by molar-refractivity contribution is 6.02. The lowest BCUT2D eigenvalue weighted by Crippen LogP contribution is -2.31. The number of anilines is 6. The number of hydrogen-bond donors (Lipinski definition) is 4. The Labute approximate surface area is 204 Å². The van der Waals surface area contributed by atoms with Gasteiger partial charge in [-0.05, 0) is 57.4 Å². The molecule has 10 heteroatoms. The van der Waals surface area contributed by atoms with Crippen molar-refractivity contribution in [2.45, 2.75) is 13.0 Å². The van der Waals surface area contributed by atoms with E-state index in [0.29, 0.717) is 40.9 Å². The molecule has 0 spiro atoms. The molecule has 1 heterocycles. The highest BCUT2D eigenvalue weighted by Crippen LogP contribution is 2.36. The SMILES string of the molecule is C=CC(=O)Nc1cc(Nc2nccc(Nc3cccc(F)c3)n2)c(OC)cc1NCC(C)N(C)C. The third-order valence-corrected chi connectivity index (χ3v) is 5.25. The van der Waals surface area contributed by atoms with Crippen LogP contribution in [-0.4, -0.2) is 54.6 Å². The van der Waals surface area contributed by atoms with Gasteiger partial charge in [0.2, 0.25) is 11.9 Å². The predicted octanol–water partition coefficient (Wildman–Crippen LogP) is 4.60. The number of ether oxygens (including phenoxy) is 1. The van der Waals surface area contributed by atoms with Crippen LogP contribution in [0.3, 0.4) is 0 Å². The number of methoxy groups -OCH3 is 1. The normalized spacial score (nSPS) is 11.5. The van der Waals surface area contributed by atoms with E-state index in [4.69, 9.17) is 4.74 Å². The summed E-state index contributed by atoms with van der Waals surface area (Å²) in [4.78, 5) is 22.9. The van der Waals surface area contributed by atoms with E-state index in [1.165, 1.54) is 18.2 Å². The number of likely N-dealkylation sites (N-methyl/N-ethyl adjacent to an activating group) is 1. The van der Waals surface area contributed by atoms with Crippen LogP contribution in [0, 0.1) is 5.82 Å². The Morgan fingerprint density at radius 3 is 2.66 bits per heavy atom. The molecule has 1 aromatic heterocycles. The van der Waals surface area contributed by atoms with Gasteiger partial charge in [-0.3, -0.25) is 4.79 Å². The van der Waals surface area contributed by atoms with Gasteiger partial charge in [0.1, 0.15) is 17.4 Å². The molecule has 0 aliphatic carbocycles. The summed E-state index contributed by atoms with van der Waals surface area (Å²) in [6.45, 7) is 6.26.